The number of rotatable bonds is 14. The number of aromatic amines is 1. The van der Waals surface area contributed by atoms with Gasteiger partial charge in [-0.3, -0.25) is 55.7 Å². The number of anilines is 5. The van der Waals surface area contributed by atoms with E-state index in [9.17, 15) is 59.1 Å². The van der Waals surface area contributed by atoms with E-state index in [1.165, 1.54) is 52.4 Å². The summed E-state index contributed by atoms with van der Waals surface area (Å²) in [6.07, 6.45) is 8.14. The number of ether oxygens (including phenoxy) is 4. The number of pyridine rings is 2. The van der Waals surface area contributed by atoms with E-state index in [4.69, 9.17) is 55.7 Å². The zero-order chi connectivity index (χ0) is 76.4. The molecule has 0 unspecified atom stereocenters. The highest BCUT2D eigenvalue weighted by Crippen LogP contribution is 2.27. The molecule has 0 aliphatic heterocycles. The number of methoxy groups -OCH3 is 2. The molecule has 40 heteroatoms. The largest absolute Gasteiger partial charge is 0.464 e. The van der Waals surface area contributed by atoms with Gasteiger partial charge in [0.25, 0.3) is 11.1 Å². The number of para-hydroxylation sites is 4. The predicted molar refractivity (Wildman–Crippen MR) is 403 cm³/mol. The first-order valence-corrected chi connectivity index (χ1v) is 30.9. The number of nitrogens with zero attached hydrogens (tertiary/aromatic N) is 14. The number of amides is 3. The molecule has 106 heavy (non-hydrogen) atoms. The maximum atomic E-state index is 12.6. The van der Waals surface area contributed by atoms with Crippen LogP contribution in [0.3, 0.4) is 0 Å². The van der Waals surface area contributed by atoms with E-state index in [2.05, 4.69) is 66.0 Å². The number of nitrogen functional groups attached to an aromatic ring is 2. The summed E-state index contributed by atoms with van der Waals surface area (Å²) in [5, 5.41) is 61.4. The van der Waals surface area contributed by atoms with Crippen molar-refractivity contribution in [3.05, 3.63) is 252 Å². The molecule has 11 rings (SSSR count). The van der Waals surface area contributed by atoms with Gasteiger partial charge in [-0.15, -0.1) is 39.3 Å². The van der Waals surface area contributed by atoms with E-state index in [0.717, 1.165) is 37.5 Å². The number of hydrogen-bond acceptors (Lipinski definition) is 25. The Morgan fingerprint density at radius 1 is 0.491 bits per heavy atom. The van der Waals surface area contributed by atoms with Crippen LogP contribution in [0.25, 0.3) is 22.7 Å². The molecule has 0 bridgehead atoms. The van der Waals surface area contributed by atoms with Gasteiger partial charge in [0.05, 0.1) is 75.3 Å². The molecule has 0 spiro atoms. The number of aromatic nitrogens is 12. The number of benzene rings is 4. The van der Waals surface area contributed by atoms with Gasteiger partial charge in [0, 0.05) is 12.4 Å². The first kappa shape index (κ1) is 85.7. The van der Waals surface area contributed by atoms with E-state index in [-0.39, 0.29) is 82.5 Å². The number of nitrogens with one attached hydrogen (secondary N) is 4. The van der Waals surface area contributed by atoms with Crippen LogP contribution in [0.4, 0.5) is 55.5 Å². The van der Waals surface area contributed by atoms with Crippen molar-refractivity contribution in [3.8, 4) is 22.7 Å². The quantitative estimate of drug-likeness (QED) is 0.0112. The topological polar surface area (TPSA) is 483 Å². The standard InChI is InChI=1S/C20H20ClN5O3.C14H18N4O2.C11H9N3O4.C9H8N4O2.C6H3Cl2NO.C5H5N3O4.CH4.HI/c1-20(2,3)29-19(28)23-15-12-26(14-7-5-4-6-8-14)25-17(15)24-18(27)13-9-10-16(21)22-11-13;1-14(2,3)20-13(19)16-11-9-18(17-12(11)15)10-7-5-4-6-8-10;1-18-11(15)10-9(14(16)17)7-13(12-10)8-5-3-2-4-6-8;10-9-8(13(14)15)6-12(11-9)7-4-2-1-3-5-7;7-5-2-1-4(3-9-5)6(8)10;1-12-5(9)4-3(8(10)11)2-6-7-4;;/h4-12H,1-3H3,(H,23,28)(H,24,25,27);4-9H,1-3H3,(H2,15,17)(H,16,19);2-7H,1H3;1-6H,(H2,10,11);1-3H;2H,1H3,(H,6,7);1H4;1H. The van der Waals surface area contributed by atoms with Crippen molar-refractivity contribution in [2.75, 3.05) is 41.6 Å². The SMILES string of the molecule is C.CC(C)(C)OC(=O)Nc1cn(-c2ccccc2)nc1N.CC(C)(C)OC(=O)Nc1cn(-c2ccccc2)nc1NC(=O)c1ccc(Cl)nc1.COC(=O)c1[nH]ncc1[N+](=O)[O-].COC(=O)c1nn(-c2ccccc2)cc1[N+](=O)[O-].I.Nc1nn(-c2ccccc2)cc1[N+](=O)[O-].O=C(Cl)c1ccc(Cl)nc1. The van der Waals surface area contributed by atoms with Crippen LogP contribution >= 0.6 is 58.8 Å². The number of nitro groups is 3. The lowest BCUT2D eigenvalue weighted by Crippen LogP contribution is -2.27. The molecular weight excluding hydrogens is 1560 g/mol. The highest BCUT2D eigenvalue weighted by molar-refractivity contribution is 14.0. The highest BCUT2D eigenvalue weighted by atomic mass is 127. The Morgan fingerprint density at radius 2 is 0.877 bits per heavy atom. The van der Waals surface area contributed by atoms with Gasteiger partial charge >= 0.3 is 41.2 Å². The monoisotopic (exact) mass is 1630 g/mol. The molecule has 0 aliphatic carbocycles. The van der Waals surface area contributed by atoms with Crippen LogP contribution in [0.5, 0.6) is 0 Å². The zero-order valence-electron chi connectivity index (χ0n) is 56.4. The molecule has 0 saturated heterocycles. The van der Waals surface area contributed by atoms with Crippen molar-refractivity contribution < 1.29 is 62.5 Å². The summed E-state index contributed by atoms with van der Waals surface area (Å²) >= 11 is 16.3. The molecule has 0 saturated carbocycles. The molecule has 0 aliphatic rings. The third-order valence-corrected chi connectivity index (χ3v) is 13.0. The fourth-order valence-corrected chi connectivity index (χ4v) is 8.17. The normalized spacial score (nSPS) is 10.2. The molecule has 556 valence electrons. The Balaban J connectivity index is 0.000000277. The van der Waals surface area contributed by atoms with Crippen LogP contribution < -0.4 is 27.4 Å². The predicted octanol–water partition coefficient (Wildman–Crippen LogP) is 13.7. The van der Waals surface area contributed by atoms with Gasteiger partial charge in [-0.1, -0.05) is 103 Å². The van der Waals surface area contributed by atoms with E-state index in [1.807, 2.05) is 84.9 Å². The first-order valence-electron chi connectivity index (χ1n) is 29.7. The van der Waals surface area contributed by atoms with Crippen molar-refractivity contribution >= 4 is 140 Å². The fraction of sp³-hybridized carbons (Fsp3) is 0.167. The minimum Gasteiger partial charge on any atom is -0.464 e. The molecule has 3 amide bonds. The van der Waals surface area contributed by atoms with Crippen LogP contribution in [0, 0.1) is 30.3 Å². The van der Waals surface area contributed by atoms with Crippen molar-refractivity contribution in [2.45, 2.75) is 60.2 Å². The van der Waals surface area contributed by atoms with Gasteiger partial charge in [-0.05, 0) is 126 Å². The van der Waals surface area contributed by atoms with E-state index in [0.29, 0.717) is 33.3 Å². The molecule has 36 nitrogen and oxygen atoms in total. The fourth-order valence-electron chi connectivity index (χ4n) is 7.83. The third-order valence-electron chi connectivity index (χ3n) is 12.4. The Kier molecular flexibility index (Phi) is 32.5. The minimum absolute atomic E-state index is 0. The molecule has 4 aromatic carbocycles. The number of hydrogen-bond donors (Lipinski definition) is 6. The summed E-state index contributed by atoms with van der Waals surface area (Å²) in [6, 6.07) is 42.7. The van der Waals surface area contributed by atoms with Crippen LogP contribution in [-0.4, -0.2) is 135 Å². The van der Waals surface area contributed by atoms with Crippen LogP contribution in [-0.2, 0) is 18.9 Å². The second kappa shape index (κ2) is 40.2. The molecule has 0 radical (unpaired) electrons. The average molecular weight is 1630 g/mol. The summed E-state index contributed by atoms with van der Waals surface area (Å²) in [6.45, 7) is 10.7. The Morgan fingerprint density at radius 3 is 1.27 bits per heavy atom. The van der Waals surface area contributed by atoms with Gasteiger partial charge in [0.15, 0.2) is 11.6 Å². The smallest absolute Gasteiger partial charge is 0.412 e. The van der Waals surface area contributed by atoms with Crippen molar-refractivity contribution in [3.63, 3.8) is 0 Å². The lowest BCUT2D eigenvalue weighted by Gasteiger charge is -2.19. The Labute approximate surface area is 634 Å². The number of nitrogens with two attached hydrogens (primary N) is 2. The maximum Gasteiger partial charge on any atom is 0.412 e. The number of H-pyrrole nitrogens is 1. The summed E-state index contributed by atoms with van der Waals surface area (Å²) in [5.74, 6) is -1.77. The molecule has 8 N–H and O–H groups in total. The van der Waals surface area contributed by atoms with Gasteiger partial charge < -0.3 is 35.7 Å². The summed E-state index contributed by atoms with van der Waals surface area (Å²) in [7, 11) is 2.28. The second-order valence-electron chi connectivity index (χ2n) is 22.3. The lowest BCUT2D eigenvalue weighted by molar-refractivity contribution is -0.385. The van der Waals surface area contributed by atoms with Crippen molar-refractivity contribution in [1.82, 2.24) is 59.3 Å². The van der Waals surface area contributed by atoms with E-state index < -0.39 is 61.2 Å². The molecule has 0 fully saturated rings. The van der Waals surface area contributed by atoms with Gasteiger partial charge in [0.1, 0.15) is 51.5 Å². The molecule has 11 aromatic rings. The molecule has 0 atom stereocenters. The number of halogens is 4. The average Bonchev–Trinajstić information content (AvgIpc) is 1.68. The van der Waals surface area contributed by atoms with Crippen molar-refractivity contribution in [2.24, 2.45) is 0 Å². The second-order valence-corrected chi connectivity index (χ2v) is 23.4. The van der Waals surface area contributed by atoms with Gasteiger partial charge in [-0.25, -0.2) is 47.9 Å². The summed E-state index contributed by atoms with van der Waals surface area (Å²) < 4.78 is 25.0. The molecule has 7 aromatic heterocycles. The molecular formula is C66H68Cl3IN20O16. The Hall–Kier alpha value is -12.8. The van der Waals surface area contributed by atoms with Crippen molar-refractivity contribution in [1.29, 1.82) is 0 Å². The van der Waals surface area contributed by atoms with Gasteiger partial charge in [0.2, 0.25) is 17.2 Å². The molecule has 7 heterocycles. The van der Waals surface area contributed by atoms with E-state index in [1.54, 1.807) is 106 Å². The highest BCUT2D eigenvalue weighted by Gasteiger charge is 2.28. The number of esters is 2. The lowest BCUT2D eigenvalue weighted by atomic mass is 10.2. The van der Waals surface area contributed by atoms with Crippen LogP contribution in [0.15, 0.2) is 189 Å². The third kappa shape index (κ3) is 26.6. The number of carbonyl (C=O) groups is 6. The summed E-state index contributed by atoms with van der Waals surface area (Å²) in [4.78, 5) is 106. The maximum absolute atomic E-state index is 12.6. The zero-order valence-corrected chi connectivity index (χ0v) is 61.0. The summed E-state index contributed by atoms with van der Waals surface area (Å²) in [5.41, 5.74) is 12.8. The van der Waals surface area contributed by atoms with Crippen LogP contribution in [0.1, 0.15) is 90.7 Å². The minimum atomic E-state index is -0.837. The van der Waals surface area contributed by atoms with E-state index >= 15 is 0 Å². The van der Waals surface area contributed by atoms with Crippen LogP contribution in [0.2, 0.25) is 10.3 Å². The Bertz CT molecular complexity index is 4770. The van der Waals surface area contributed by atoms with Gasteiger partial charge in [-0.2, -0.15) is 10.2 Å². The number of carbonyl (C=O) groups excluding carboxylic acids is 6. The first-order chi connectivity index (χ1) is 49.2.